The molecule has 0 fully saturated rings. The Morgan fingerprint density at radius 3 is 3.07 bits per heavy atom. The van der Waals surface area contributed by atoms with Crippen molar-refractivity contribution >= 4 is 11.0 Å². The first-order valence-corrected chi connectivity index (χ1v) is 4.84. The molecule has 0 spiro atoms. The van der Waals surface area contributed by atoms with Crippen LogP contribution in [-0.2, 0) is 6.54 Å². The van der Waals surface area contributed by atoms with Crippen molar-refractivity contribution in [2.24, 2.45) is 5.73 Å². The molecule has 0 aliphatic heterocycles. The fraction of sp³-hybridized carbons (Fsp3) is 0.364. The number of hydrogen-bond donors (Lipinski definition) is 1. The molecule has 0 aromatic carbocycles. The van der Waals surface area contributed by atoms with E-state index < -0.39 is 0 Å². The van der Waals surface area contributed by atoms with Gasteiger partial charge in [-0.2, -0.15) is 0 Å². The highest BCUT2D eigenvalue weighted by Gasteiger charge is 2.03. The minimum Gasteiger partial charge on any atom is -0.331 e. The number of fused-ring (bicyclic) bond motifs is 1. The van der Waals surface area contributed by atoms with Gasteiger partial charge in [-0.15, -0.1) is 0 Å². The highest BCUT2D eigenvalue weighted by atomic mass is 15.0. The van der Waals surface area contributed by atoms with Crippen molar-refractivity contribution in [3.8, 4) is 0 Å². The van der Waals surface area contributed by atoms with Crippen LogP contribution in [0.1, 0.15) is 12.5 Å². The summed E-state index contributed by atoms with van der Waals surface area (Å²) in [5, 5.41) is 1.19. The zero-order valence-electron chi connectivity index (χ0n) is 8.57. The fourth-order valence-electron chi connectivity index (χ4n) is 1.65. The lowest BCUT2D eigenvalue weighted by molar-refractivity contribution is 0.602. The van der Waals surface area contributed by atoms with E-state index in [2.05, 4.69) is 28.6 Å². The van der Waals surface area contributed by atoms with Crippen molar-refractivity contribution in [2.75, 3.05) is 0 Å². The van der Waals surface area contributed by atoms with Gasteiger partial charge in [0.2, 0.25) is 0 Å². The Morgan fingerprint density at radius 2 is 2.36 bits per heavy atom. The predicted molar refractivity (Wildman–Crippen MR) is 58.1 cm³/mol. The summed E-state index contributed by atoms with van der Waals surface area (Å²) >= 11 is 0. The van der Waals surface area contributed by atoms with Gasteiger partial charge < -0.3 is 10.3 Å². The standard InChI is InChI=1S/C11H15N3/c1-8-5-10-3-4-14(7-9(2)12)11(10)13-6-8/h3-6,9H,7,12H2,1-2H3. The third-order valence-corrected chi connectivity index (χ3v) is 2.22. The van der Waals surface area contributed by atoms with E-state index in [1.807, 2.05) is 19.3 Å². The van der Waals surface area contributed by atoms with Gasteiger partial charge in [0.05, 0.1) is 0 Å². The summed E-state index contributed by atoms with van der Waals surface area (Å²) in [6, 6.07) is 4.38. The zero-order valence-corrected chi connectivity index (χ0v) is 8.57. The second-order valence-electron chi connectivity index (χ2n) is 3.87. The largest absolute Gasteiger partial charge is 0.331 e. The zero-order chi connectivity index (χ0) is 10.1. The number of hydrogen-bond acceptors (Lipinski definition) is 2. The van der Waals surface area contributed by atoms with Gasteiger partial charge in [-0.25, -0.2) is 4.98 Å². The van der Waals surface area contributed by atoms with Crippen molar-refractivity contribution in [2.45, 2.75) is 26.4 Å². The van der Waals surface area contributed by atoms with Crippen molar-refractivity contribution in [3.05, 3.63) is 30.1 Å². The van der Waals surface area contributed by atoms with Gasteiger partial charge >= 0.3 is 0 Å². The van der Waals surface area contributed by atoms with Crippen LogP contribution in [0.15, 0.2) is 24.5 Å². The summed E-state index contributed by atoms with van der Waals surface area (Å²) < 4.78 is 2.10. The molecule has 1 atom stereocenters. The van der Waals surface area contributed by atoms with Crippen LogP contribution in [0.3, 0.4) is 0 Å². The summed E-state index contributed by atoms with van der Waals surface area (Å²) in [7, 11) is 0. The van der Waals surface area contributed by atoms with Crippen LogP contribution in [-0.4, -0.2) is 15.6 Å². The van der Waals surface area contributed by atoms with Gasteiger partial charge in [0.25, 0.3) is 0 Å². The molecule has 0 aliphatic carbocycles. The first kappa shape index (κ1) is 9.21. The Bertz CT molecular complexity index is 443. The Morgan fingerprint density at radius 1 is 1.57 bits per heavy atom. The molecule has 2 aromatic heterocycles. The molecule has 0 saturated heterocycles. The minimum absolute atomic E-state index is 0.161. The van der Waals surface area contributed by atoms with Crippen LogP contribution in [0.2, 0.25) is 0 Å². The number of aryl methyl sites for hydroxylation is 1. The molecule has 14 heavy (non-hydrogen) atoms. The van der Waals surface area contributed by atoms with E-state index in [9.17, 15) is 0 Å². The highest BCUT2D eigenvalue weighted by Crippen LogP contribution is 2.14. The SMILES string of the molecule is Cc1cnc2c(ccn2CC(C)N)c1. The number of rotatable bonds is 2. The molecule has 0 bridgehead atoms. The molecule has 2 rings (SSSR count). The molecule has 0 amide bonds. The molecule has 2 aromatic rings. The van der Waals surface area contributed by atoms with E-state index in [1.54, 1.807) is 0 Å². The molecule has 2 heterocycles. The maximum Gasteiger partial charge on any atom is 0.139 e. The van der Waals surface area contributed by atoms with Gasteiger partial charge in [-0.1, -0.05) is 0 Å². The third kappa shape index (κ3) is 1.63. The highest BCUT2D eigenvalue weighted by molar-refractivity contribution is 5.76. The lowest BCUT2D eigenvalue weighted by Gasteiger charge is -2.07. The quantitative estimate of drug-likeness (QED) is 0.781. The van der Waals surface area contributed by atoms with Crippen LogP contribution >= 0.6 is 0 Å². The monoisotopic (exact) mass is 189 g/mol. The molecular formula is C11H15N3. The Hall–Kier alpha value is -1.35. The van der Waals surface area contributed by atoms with E-state index in [1.165, 1.54) is 10.9 Å². The molecule has 0 radical (unpaired) electrons. The molecule has 3 heteroatoms. The summed E-state index contributed by atoms with van der Waals surface area (Å²) in [5.74, 6) is 0. The Balaban J connectivity index is 2.47. The maximum absolute atomic E-state index is 5.76. The summed E-state index contributed by atoms with van der Waals surface area (Å²) in [6.07, 6.45) is 3.93. The second kappa shape index (κ2) is 3.42. The van der Waals surface area contributed by atoms with Crippen molar-refractivity contribution in [3.63, 3.8) is 0 Å². The number of nitrogens with zero attached hydrogens (tertiary/aromatic N) is 2. The van der Waals surface area contributed by atoms with Crippen LogP contribution in [0.4, 0.5) is 0 Å². The second-order valence-corrected chi connectivity index (χ2v) is 3.87. The van der Waals surface area contributed by atoms with Crippen LogP contribution in [0.5, 0.6) is 0 Å². The molecule has 2 N–H and O–H groups in total. The third-order valence-electron chi connectivity index (χ3n) is 2.22. The lowest BCUT2D eigenvalue weighted by Crippen LogP contribution is -2.21. The average molecular weight is 189 g/mol. The normalized spacial score (nSPS) is 13.4. The predicted octanol–water partition coefficient (Wildman–Crippen LogP) is 1.69. The topological polar surface area (TPSA) is 43.8 Å². The fourth-order valence-corrected chi connectivity index (χ4v) is 1.65. The van der Waals surface area contributed by atoms with E-state index in [0.29, 0.717) is 0 Å². The van der Waals surface area contributed by atoms with Gasteiger partial charge in [0.1, 0.15) is 5.65 Å². The maximum atomic E-state index is 5.76. The number of nitrogens with two attached hydrogens (primary N) is 1. The molecule has 0 aliphatic rings. The molecular weight excluding hydrogens is 174 g/mol. The number of aromatic nitrogens is 2. The van der Waals surface area contributed by atoms with Crippen LogP contribution in [0.25, 0.3) is 11.0 Å². The molecule has 0 saturated carbocycles. The summed E-state index contributed by atoms with van der Waals surface area (Å²) in [5.41, 5.74) is 7.97. The first-order valence-electron chi connectivity index (χ1n) is 4.84. The molecule has 1 unspecified atom stereocenters. The van der Waals surface area contributed by atoms with Gasteiger partial charge in [-0.3, -0.25) is 0 Å². The van der Waals surface area contributed by atoms with Crippen molar-refractivity contribution in [1.29, 1.82) is 0 Å². The van der Waals surface area contributed by atoms with Crippen molar-refractivity contribution < 1.29 is 0 Å². The first-order chi connectivity index (χ1) is 6.66. The summed E-state index contributed by atoms with van der Waals surface area (Å²) in [6.45, 7) is 4.87. The Labute approximate surface area is 83.6 Å². The van der Waals surface area contributed by atoms with E-state index >= 15 is 0 Å². The van der Waals surface area contributed by atoms with Crippen LogP contribution < -0.4 is 5.73 Å². The minimum atomic E-state index is 0.161. The van der Waals surface area contributed by atoms with Crippen LogP contribution in [0, 0.1) is 6.92 Å². The smallest absolute Gasteiger partial charge is 0.139 e. The Kier molecular flexibility index (Phi) is 2.25. The molecule has 74 valence electrons. The van der Waals surface area contributed by atoms with E-state index in [0.717, 1.165) is 12.2 Å². The van der Waals surface area contributed by atoms with Gasteiger partial charge in [0.15, 0.2) is 0 Å². The number of pyridine rings is 1. The van der Waals surface area contributed by atoms with Gasteiger partial charge in [0, 0.05) is 30.4 Å². The van der Waals surface area contributed by atoms with Crippen molar-refractivity contribution in [1.82, 2.24) is 9.55 Å². The van der Waals surface area contributed by atoms with Gasteiger partial charge in [-0.05, 0) is 31.5 Å². The van der Waals surface area contributed by atoms with E-state index in [-0.39, 0.29) is 6.04 Å². The molecule has 3 nitrogen and oxygen atoms in total. The lowest BCUT2D eigenvalue weighted by atomic mass is 10.2. The summed E-state index contributed by atoms with van der Waals surface area (Å²) in [4.78, 5) is 4.40. The van der Waals surface area contributed by atoms with E-state index in [4.69, 9.17) is 5.73 Å². The average Bonchev–Trinajstić information content (AvgIpc) is 2.47.